The van der Waals surface area contributed by atoms with E-state index in [4.69, 9.17) is 0 Å². The van der Waals surface area contributed by atoms with Gasteiger partial charge in [0.1, 0.15) is 0 Å². The van der Waals surface area contributed by atoms with Crippen molar-refractivity contribution in [2.45, 2.75) is 51.3 Å². The van der Waals surface area contributed by atoms with Crippen LogP contribution in [-0.4, -0.2) is 50.3 Å². The van der Waals surface area contributed by atoms with Gasteiger partial charge in [-0.25, -0.2) is 8.42 Å². The summed E-state index contributed by atoms with van der Waals surface area (Å²) in [7, 11) is -3.35. The molecule has 2 fully saturated rings. The molecule has 2 aliphatic heterocycles. The van der Waals surface area contributed by atoms with Crippen LogP contribution in [0.3, 0.4) is 0 Å². The molecule has 1 aromatic rings. The monoisotopic (exact) mass is 364 g/mol. The van der Waals surface area contributed by atoms with Gasteiger partial charge in [0.25, 0.3) is 0 Å². The van der Waals surface area contributed by atoms with E-state index in [1.807, 2.05) is 26.0 Å². The van der Waals surface area contributed by atoms with Gasteiger partial charge in [-0.3, -0.25) is 0 Å². The highest BCUT2D eigenvalue weighted by molar-refractivity contribution is 7.89. The lowest BCUT2D eigenvalue weighted by atomic mass is 9.94. The van der Waals surface area contributed by atoms with Gasteiger partial charge >= 0.3 is 0 Å². The van der Waals surface area contributed by atoms with Crippen molar-refractivity contribution in [1.82, 2.24) is 9.21 Å². The number of nitrogens with zero attached hydrogens (tertiary/aromatic N) is 2. The summed E-state index contributed by atoms with van der Waals surface area (Å²) in [6.45, 7) is 11.2. The van der Waals surface area contributed by atoms with Crippen molar-refractivity contribution in [1.29, 1.82) is 0 Å². The minimum atomic E-state index is -3.35. The molecule has 25 heavy (non-hydrogen) atoms. The Morgan fingerprint density at radius 2 is 1.76 bits per heavy atom. The number of aryl methyl sites for hydroxylation is 2. The zero-order valence-electron chi connectivity index (χ0n) is 15.9. The van der Waals surface area contributed by atoms with Crippen LogP contribution in [-0.2, 0) is 10.0 Å². The smallest absolute Gasteiger partial charge is 0.243 e. The van der Waals surface area contributed by atoms with E-state index in [0.717, 1.165) is 36.4 Å². The average molecular weight is 365 g/mol. The summed E-state index contributed by atoms with van der Waals surface area (Å²) in [6.07, 6.45) is 4.62. The fourth-order valence-electron chi connectivity index (χ4n) is 4.17. The molecule has 5 heteroatoms. The number of rotatable bonds is 4. The summed E-state index contributed by atoms with van der Waals surface area (Å²) in [6, 6.07) is 5.47. The zero-order chi connectivity index (χ0) is 18.0. The van der Waals surface area contributed by atoms with E-state index < -0.39 is 10.0 Å². The molecule has 0 radical (unpaired) electrons. The topological polar surface area (TPSA) is 40.6 Å². The first-order valence-corrected chi connectivity index (χ1v) is 11.1. The molecule has 140 valence electrons. The van der Waals surface area contributed by atoms with Crippen LogP contribution in [0.1, 0.15) is 43.7 Å². The number of hydrogen-bond donors (Lipinski definition) is 0. The lowest BCUT2D eigenvalue weighted by Crippen LogP contribution is -2.43. The predicted molar refractivity (Wildman–Crippen MR) is 102 cm³/mol. The summed E-state index contributed by atoms with van der Waals surface area (Å²) >= 11 is 0. The Morgan fingerprint density at radius 1 is 1.04 bits per heavy atom. The second kappa shape index (κ2) is 7.77. The van der Waals surface area contributed by atoms with Crippen molar-refractivity contribution in [2.24, 2.45) is 11.8 Å². The van der Waals surface area contributed by atoms with Crippen LogP contribution in [0.5, 0.6) is 0 Å². The van der Waals surface area contributed by atoms with E-state index in [-0.39, 0.29) is 0 Å². The lowest BCUT2D eigenvalue weighted by Gasteiger charge is -2.37. The minimum absolute atomic E-state index is 0.443. The summed E-state index contributed by atoms with van der Waals surface area (Å²) in [5.74, 6) is 1.44. The van der Waals surface area contributed by atoms with Gasteiger partial charge in [0, 0.05) is 26.2 Å². The number of likely N-dealkylation sites (tertiary alicyclic amines) is 1. The summed E-state index contributed by atoms with van der Waals surface area (Å²) in [4.78, 5) is 3.03. The molecule has 0 amide bonds. The minimum Gasteiger partial charge on any atom is -0.303 e. The fourth-order valence-corrected chi connectivity index (χ4v) is 5.73. The van der Waals surface area contributed by atoms with Crippen molar-refractivity contribution in [3.63, 3.8) is 0 Å². The first-order chi connectivity index (χ1) is 11.9. The third-order valence-electron chi connectivity index (χ3n) is 5.95. The number of benzene rings is 1. The van der Waals surface area contributed by atoms with Crippen molar-refractivity contribution in [3.05, 3.63) is 29.3 Å². The standard InChI is InChI=1S/C20H32N2O2S/c1-16-5-4-10-21(14-16)15-19-8-11-22(12-9-19)25(23,24)20-7-6-17(2)18(3)13-20/h6-7,13,16,19H,4-5,8-12,14-15H2,1-3H3. The Kier molecular flexibility index (Phi) is 5.86. The largest absolute Gasteiger partial charge is 0.303 e. The van der Waals surface area contributed by atoms with E-state index >= 15 is 0 Å². The van der Waals surface area contributed by atoms with Crippen LogP contribution >= 0.6 is 0 Å². The molecule has 0 N–H and O–H groups in total. The maximum Gasteiger partial charge on any atom is 0.243 e. The molecular formula is C20H32N2O2S. The molecule has 1 aromatic carbocycles. The van der Waals surface area contributed by atoms with Gasteiger partial charge in [-0.2, -0.15) is 4.31 Å². The Morgan fingerprint density at radius 3 is 2.40 bits per heavy atom. The molecule has 0 bridgehead atoms. The molecule has 0 aromatic heterocycles. The SMILES string of the molecule is Cc1ccc(S(=O)(=O)N2CCC(CN3CCCC(C)C3)CC2)cc1C. The zero-order valence-corrected chi connectivity index (χ0v) is 16.7. The number of sulfonamides is 1. The van der Waals surface area contributed by atoms with E-state index in [0.29, 0.717) is 23.9 Å². The quantitative estimate of drug-likeness (QED) is 0.822. The van der Waals surface area contributed by atoms with Crippen LogP contribution in [0.4, 0.5) is 0 Å². The normalized spacial score (nSPS) is 24.5. The maximum atomic E-state index is 12.9. The third-order valence-corrected chi connectivity index (χ3v) is 7.84. The van der Waals surface area contributed by atoms with Crippen LogP contribution in [0.25, 0.3) is 0 Å². The molecule has 4 nitrogen and oxygen atoms in total. The Labute approximate surface area is 153 Å². The molecule has 0 saturated carbocycles. The first kappa shape index (κ1) is 18.9. The Balaban J connectivity index is 1.58. The molecule has 2 saturated heterocycles. The number of piperidine rings is 2. The molecule has 2 heterocycles. The van der Waals surface area contributed by atoms with Crippen molar-refractivity contribution in [2.75, 3.05) is 32.7 Å². The fraction of sp³-hybridized carbons (Fsp3) is 0.700. The van der Waals surface area contributed by atoms with E-state index in [1.165, 1.54) is 25.9 Å². The predicted octanol–water partition coefficient (Wildman–Crippen LogP) is 3.44. The maximum absolute atomic E-state index is 12.9. The van der Waals surface area contributed by atoms with Crippen LogP contribution in [0, 0.1) is 25.7 Å². The van der Waals surface area contributed by atoms with Crippen LogP contribution in [0.15, 0.2) is 23.1 Å². The molecule has 1 atom stereocenters. The molecular weight excluding hydrogens is 332 g/mol. The van der Waals surface area contributed by atoms with Crippen LogP contribution in [0.2, 0.25) is 0 Å². The van der Waals surface area contributed by atoms with E-state index in [9.17, 15) is 8.42 Å². The second-order valence-electron chi connectivity index (χ2n) is 8.10. The highest BCUT2D eigenvalue weighted by atomic mass is 32.2. The Hall–Kier alpha value is -0.910. The summed E-state index contributed by atoms with van der Waals surface area (Å²) < 4.78 is 27.5. The molecule has 0 spiro atoms. The third kappa shape index (κ3) is 4.44. The van der Waals surface area contributed by atoms with Gasteiger partial charge in [0.05, 0.1) is 4.90 Å². The van der Waals surface area contributed by atoms with E-state index in [1.54, 1.807) is 10.4 Å². The molecule has 1 unspecified atom stereocenters. The van der Waals surface area contributed by atoms with Gasteiger partial charge in [-0.05, 0) is 81.2 Å². The van der Waals surface area contributed by atoms with Gasteiger partial charge < -0.3 is 4.90 Å². The van der Waals surface area contributed by atoms with Crippen molar-refractivity contribution < 1.29 is 8.42 Å². The van der Waals surface area contributed by atoms with Crippen molar-refractivity contribution >= 4 is 10.0 Å². The first-order valence-electron chi connectivity index (χ1n) is 9.66. The molecule has 3 rings (SSSR count). The highest BCUT2D eigenvalue weighted by Gasteiger charge is 2.30. The highest BCUT2D eigenvalue weighted by Crippen LogP contribution is 2.26. The van der Waals surface area contributed by atoms with Crippen molar-refractivity contribution in [3.8, 4) is 0 Å². The van der Waals surface area contributed by atoms with Crippen LogP contribution < -0.4 is 0 Å². The van der Waals surface area contributed by atoms with Gasteiger partial charge in [-0.15, -0.1) is 0 Å². The summed E-state index contributed by atoms with van der Waals surface area (Å²) in [5, 5.41) is 0. The van der Waals surface area contributed by atoms with E-state index in [2.05, 4.69) is 11.8 Å². The van der Waals surface area contributed by atoms with Gasteiger partial charge in [0.2, 0.25) is 10.0 Å². The number of hydrogen-bond acceptors (Lipinski definition) is 3. The second-order valence-corrected chi connectivity index (χ2v) is 10.0. The summed E-state index contributed by atoms with van der Waals surface area (Å²) in [5.41, 5.74) is 2.17. The lowest BCUT2D eigenvalue weighted by molar-refractivity contribution is 0.136. The van der Waals surface area contributed by atoms with Gasteiger partial charge in [0.15, 0.2) is 0 Å². The molecule has 0 aliphatic carbocycles. The Bertz CT molecular complexity index is 694. The molecule has 2 aliphatic rings. The average Bonchev–Trinajstić information content (AvgIpc) is 2.58. The van der Waals surface area contributed by atoms with Gasteiger partial charge in [-0.1, -0.05) is 13.0 Å².